The van der Waals surface area contributed by atoms with Gasteiger partial charge >= 0.3 is 5.97 Å². The molecule has 1 amide bonds. The van der Waals surface area contributed by atoms with E-state index in [0.29, 0.717) is 37.5 Å². The van der Waals surface area contributed by atoms with Crippen LogP contribution in [0.25, 0.3) is 9.88 Å². The van der Waals surface area contributed by atoms with Crippen molar-refractivity contribution in [2.45, 2.75) is 13.3 Å². The molecule has 0 saturated carbocycles. The molecule has 156 valence electrons. The van der Waals surface area contributed by atoms with Crippen LogP contribution in [0.15, 0.2) is 41.2 Å². The maximum atomic E-state index is 12.9. The van der Waals surface area contributed by atoms with Crippen LogP contribution >= 0.6 is 22.7 Å². The average molecular weight is 443 g/mol. The molecule has 0 aliphatic carbocycles. The number of anilines is 1. The number of carbonyl (C=O) groups is 2. The third-order valence-electron chi connectivity index (χ3n) is 4.82. The molecular weight excluding hydrogens is 420 g/mol. The molecule has 0 bridgehead atoms. The van der Waals surface area contributed by atoms with Gasteiger partial charge in [0, 0.05) is 37.8 Å². The monoisotopic (exact) mass is 442 g/mol. The first kappa shape index (κ1) is 20.5. The average Bonchev–Trinajstić information content (AvgIpc) is 3.41. The van der Waals surface area contributed by atoms with E-state index in [1.807, 2.05) is 33.9 Å². The maximum Gasteiger partial charge on any atom is 0.339 e. The number of pyridine rings is 1. The molecule has 0 atom stereocenters. The van der Waals surface area contributed by atoms with Crippen molar-refractivity contribution in [1.29, 1.82) is 0 Å². The van der Waals surface area contributed by atoms with E-state index in [4.69, 9.17) is 4.74 Å². The minimum absolute atomic E-state index is 0.0264. The number of carbonyl (C=O) groups excluding carboxylic acids is 2. The van der Waals surface area contributed by atoms with E-state index in [-0.39, 0.29) is 11.9 Å². The summed E-state index contributed by atoms with van der Waals surface area (Å²) < 4.78 is 5.00. The molecule has 3 aromatic heterocycles. The summed E-state index contributed by atoms with van der Waals surface area (Å²) in [7, 11) is 0. The Morgan fingerprint density at radius 2 is 2.03 bits per heavy atom. The van der Waals surface area contributed by atoms with Gasteiger partial charge in [-0.1, -0.05) is 6.07 Å². The van der Waals surface area contributed by atoms with Crippen molar-refractivity contribution in [2.24, 2.45) is 0 Å². The molecule has 1 aliphatic rings. The van der Waals surface area contributed by atoms with Crippen LogP contribution in [0.4, 0.5) is 5.82 Å². The molecule has 9 heteroatoms. The Bertz CT molecular complexity index is 1000. The van der Waals surface area contributed by atoms with Crippen molar-refractivity contribution in [3.63, 3.8) is 0 Å². The van der Waals surface area contributed by atoms with Crippen molar-refractivity contribution >= 4 is 40.4 Å². The lowest BCUT2D eigenvalue weighted by molar-refractivity contribution is 0.0525. The Kier molecular flexibility index (Phi) is 6.39. The quantitative estimate of drug-likeness (QED) is 0.560. The highest BCUT2D eigenvalue weighted by Gasteiger charge is 2.23. The van der Waals surface area contributed by atoms with E-state index >= 15 is 0 Å². The third kappa shape index (κ3) is 4.52. The SMILES string of the molecule is CCOC(=O)c1ccc(N2CCCN(C(=O)c3csc(-c4cccs4)n3)CC2)nc1. The predicted octanol–water partition coefficient (Wildman–Crippen LogP) is 3.80. The molecule has 30 heavy (non-hydrogen) atoms. The standard InChI is InChI=1S/C21H22N4O3S2/c1-2-28-21(27)15-6-7-18(22-13-15)24-8-4-9-25(11-10-24)20(26)16-14-30-19(23-16)17-5-3-12-29-17/h3,5-7,12-14H,2,4,8-11H2,1H3. The van der Waals surface area contributed by atoms with Crippen LogP contribution in [-0.2, 0) is 4.74 Å². The molecule has 0 aromatic carbocycles. The van der Waals surface area contributed by atoms with Crippen LogP contribution < -0.4 is 4.90 Å². The molecule has 4 heterocycles. The highest BCUT2D eigenvalue weighted by Crippen LogP contribution is 2.28. The summed E-state index contributed by atoms with van der Waals surface area (Å²) >= 11 is 3.13. The molecule has 7 nitrogen and oxygen atoms in total. The van der Waals surface area contributed by atoms with Crippen LogP contribution in [0.1, 0.15) is 34.2 Å². The highest BCUT2D eigenvalue weighted by atomic mass is 32.1. The van der Waals surface area contributed by atoms with Gasteiger partial charge in [-0.3, -0.25) is 4.79 Å². The highest BCUT2D eigenvalue weighted by molar-refractivity contribution is 7.20. The van der Waals surface area contributed by atoms with E-state index in [1.54, 1.807) is 30.5 Å². The molecule has 4 rings (SSSR count). The van der Waals surface area contributed by atoms with Crippen molar-refractivity contribution in [3.05, 3.63) is 52.5 Å². The molecule has 3 aromatic rings. The van der Waals surface area contributed by atoms with Crippen LogP contribution in [0.3, 0.4) is 0 Å². The van der Waals surface area contributed by atoms with Gasteiger partial charge in [0.05, 0.1) is 17.0 Å². The van der Waals surface area contributed by atoms with Crippen molar-refractivity contribution in [1.82, 2.24) is 14.9 Å². The lowest BCUT2D eigenvalue weighted by Crippen LogP contribution is -2.35. The number of nitrogens with zero attached hydrogens (tertiary/aromatic N) is 4. The van der Waals surface area contributed by atoms with E-state index in [0.717, 1.165) is 28.7 Å². The minimum Gasteiger partial charge on any atom is -0.462 e. The summed E-state index contributed by atoms with van der Waals surface area (Å²) in [5.74, 6) is 0.405. The molecular formula is C21H22N4O3S2. The molecule has 1 aliphatic heterocycles. The fourth-order valence-corrected chi connectivity index (χ4v) is 4.91. The van der Waals surface area contributed by atoms with E-state index < -0.39 is 0 Å². The zero-order valence-corrected chi connectivity index (χ0v) is 18.2. The van der Waals surface area contributed by atoms with Gasteiger partial charge in [-0.05, 0) is 36.9 Å². The molecule has 0 radical (unpaired) electrons. The lowest BCUT2D eigenvalue weighted by Gasteiger charge is -2.22. The van der Waals surface area contributed by atoms with Gasteiger partial charge < -0.3 is 14.5 Å². The second kappa shape index (κ2) is 9.36. The summed E-state index contributed by atoms with van der Waals surface area (Å²) in [6.07, 6.45) is 2.39. The number of hydrogen-bond acceptors (Lipinski definition) is 8. The van der Waals surface area contributed by atoms with Gasteiger partial charge in [-0.15, -0.1) is 22.7 Å². The number of amides is 1. The van der Waals surface area contributed by atoms with E-state index in [9.17, 15) is 9.59 Å². The largest absolute Gasteiger partial charge is 0.462 e. The summed E-state index contributed by atoms with van der Waals surface area (Å²) in [6.45, 7) is 4.88. The number of esters is 1. The Hall–Kier alpha value is -2.78. The molecule has 0 N–H and O–H groups in total. The van der Waals surface area contributed by atoms with Gasteiger partial charge in [-0.25, -0.2) is 14.8 Å². The number of thiazole rings is 1. The number of hydrogen-bond donors (Lipinski definition) is 0. The minimum atomic E-state index is -0.366. The van der Waals surface area contributed by atoms with E-state index in [2.05, 4.69) is 14.9 Å². The number of rotatable bonds is 5. The Balaban J connectivity index is 1.39. The lowest BCUT2D eigenvalue weighted by atomic mass is 10.2. The normalized spacial score (nSPS) is 14.4. The first-order valence-corrected chi connectivity index (χ1v) is 11.6. The first-order chi connectivity index (χ1) is 14.7. The van der Waals surface area contributed by atoms with Crippen molar-refractivity contribution in [3.8, 4) is 9.88 Å². The Morgan fingerprint density at radius 1 is 1.13 bits per heavy atom. The van der Waals surface area contributed by atoms with E-state index in [1.165, 1.54) is 11.3 Å². The Morgan fingerprint density at radius 3 is 2.77 bits per heavy atom. The van der Waals surface area contributed by atoms with Crippen LogP contribution in [0.5, 0.6) is 0 Å². The van der Waals surface area contributed by atoms with Gasteiger partial charge in [-0.2, -0.15) is 0 Å². The van der Waals surface area contributed by atoms with Crippen LogP contribution in [0, 0.1) is 0 Å². The summed E-state index contributed by atoms with van der Waals surface area (Å²) in [5, 5.41) is 4.74. The fourth-order valence-electron chi connectivity index (χ4n) is 3.31. The summed E-state index contributed by atoms with van der Waals surface area (Å²) in [5.41, 5.74) is 0.950. The smallest absolute Gasteiger partial charge is 0.339 e. The Labute approximate surface area is 183 Å². The van der Waals surface area contributed by atoms with Gasteiger partial charge in [0.15, 0.2) is 0 Å². The topological polar surface area (TPSA) is 75.6 Å². The molecule has 1 fully saturated rings. The van der Waals surface area contributed by atoms with Gasteiger partial charge in [0.25, 0.3) is 5.91 Å². The van der Waals surface area contributed by atoms with Crippen molar-refractivity contribution in [2.75, 3.05) is 37.7 Å². The number of ether oxygens (including phenoxy) is 1. The molecule has 0 unspecified atom stereocenters. The predicted molar refractivity (Wildman–Crippen MR) is 118 cm³/mol. The zero-order valence-electron chi connectivity index (χ0n) is 16.6. The van der Waals surface area contributed by atoms with Gasteiger partial charge in [0.1, 0.15) is 16.5 Å². The van der Waals surface area contributed by atoms with Crippen LogP contribution in [-0.4, -0.2) is 59.5 Å². The summed E-state index contributed by atoms with van der Waals surface area (Å²) in [4.78, 5) is 38.8. The third-order valence-corrected chi connectivity index (χ3v) is 6.70. The van der Waals surface area contributed by atoms with Gasteiger partial charge in [0.2, 0.25) is 0 Å². The van der Waals surface area contributed by atoms with Crippen LogP contribution in [0.2, 0.25) is 0 Å². The second-order valence-electron chi connectivity index (χ2n) is 6.77. The number of thiophene rings is 1. The van der Waals surface area contributed by atoms with Crippen molar-refractivity contribution < 1.29 is 14.3 Å². The molecule has 0 spiro atoms. The molecule has 1 saturated heterocycles. The second-order valence-corrected chi connectivity index (χ2v) is 8.58. The number of aromatic nitrogens is 2. The first-order valence-electron chi connectivity index (χ1n) is 9.82. The zero-order chi connectivity index (χ0) is 20.9. The summed E-state index contributed by atoms with van der Waals surface area (Å²) in [6, 6.07) is 7.56. The fraction of sp³-hybridized carbons (Fsp3) is 0.333. The maximum absolute atomic E-state index is 12.9.